The fraction of sp³-hybridized carbons (Fsp3) is 0.462. The van der Waals surface area contributed by atoms with Gasteiger partial charge in [-0.25, -0.2) is 0 Å². The average Bonchev–Trinajstić information content (AvgIpc) is 2.39. The van der Waals surface area contributed by atoms with E-state index >= 15 is 0 Å². The normalized spacial score (nSPS) is 11.9. The van der Waals surface area contributed by atoms with E-state index in [-0.39, 0.29) is 5.25 Å². The molecule has 0 heterocycles. The minimum absolute atomic E-state index is 0.285. The highest BCUT2D eigenvalue weighted by molar-refractivity contribution is 7.80. The summed E-state index contributed by atoms with van der Waals surface area (Å²) in [6, 6.07) is 5.66. The molecule has 1 amide bonds. The Labute approximate surface area is 113 Å². The second kappa shape index (κ2) is 8.00. The molecular weight excluding hydrogens is 248 g/mol. The number of benzene rings is 1. The number of hydrogen-bond donors (Lipinski definition) is 3. The lowest BCUT2D eigenvalue weighted by Gasteiger charge is -2.14. The number of nitrogens with two attached hydrogens (primary N) is 1. The minimum Gasteiger partial charge on any atom is -0.492 e. The molecule has 0 bridgehead atoms. The zero-order valence-corrected chi connectivity index (χ0v) is 11.5. The van der Waals surface area contributed by atoms with Gasteiger partial charge in [-0.05, 0) is 24.5 Å². The summed E-state index contributed by atoms with van der Waals surface area (Å²) in [6.07, 6.45) is 2.47. The number of anilines is 1. The van der Waals surface area contributed by atoms with E-state index in [1.165, 1.54) is 0 Å². The molecule has 1 aromatic carbocycles. The highest BCUT2D eigenvalue weighted by Gasteiger charge is 2.08. The first-order chi connectivity index (χ1) is 8.71. The maximum atomic E-state index is 10.6. The molecule has 0 aliphatic rings. The Morgan fingerprint density at radius 1 is 1.56 bits per heavy atom. The number of amides is 1. The van der Waals surface area contributed by atoms with Gasteiger partial charge in [-0.3, -0.25) is 4.79 Å². The van der Waals surface area contributed by atoms with Crippen molar-refractivity contribution >= 4 is 24.7 Å². The van der Waals surface area contributed by atoms with Gasteiger partial charge in [-0.15, -0.1) is 0 Å². The Hall–Kier alpha value is -1.20. The first kappa shape index (κ1) is 14.9. The van der Waals surface area contributed by atoms with Gasteiger partial charge >= 0.3 is 0 Å². The molecule has 1 unspecified atom stereocenters. The van der Waals surface area contributed by atoms with E-state index in [2.05, 4.69) is 24.9 Å². The van der Waals surface area contributed by atoms with E-state index in [0.717, 1.165) is 24.1 Å². The lowest BCUT2D eigenvalue weighted by Crippen LogP contribution is -2.11. The van der Waals surface area contributed by atoms with Gasteiger partial charge < -0.3 is 15.8 Å². The molecule has 0 spiro atoms. The van der Waals surface area contributed by atoms with Gasteiger partial charge in [0.05, 0.1) is 0 Å². The lowest BCUT2D eigenvalue weighted by molar-refractivity contribution is -0.105. The van der Waals surface area contributed by atoms with Crippen LogP contribution in [-0.4, -0.2) is 24.8 Å². The molecule has 0 fully saturated rings. The van der Waals surface area contributed by atoms with Gasteiger partial charge in [0.25, 0.3) is 0 Å². The predicted octanol–water partition coefficient (Wildman–Crippen LogP) is 1.84. The topological polar surface area (TPSA) is 64.3 Å². The predicted molar refractivity (Wildman–Crippen MR) is 77.4 cm³/mol. The summed E-state index contributed by atoms with van der Waals surface area (Å²) in [4.78, 5) is 10.6. The van der Waals surface area contributed by atoms with E-state index in [0.29, 0.717) is 25.3 Å². The van der Waals surface area contributed by atoms with Crippen LogP contribution >= 0.6 is 12.6 Å². The number of carbonyl (C=O) groups is 1. The van der Waals surface area contributed by atoms with Crippen molar-refractivity contribution in [1.82, 2.24) is 0 Å². The first-order valence-electron chi connectivity index (χ1n) is 6.05. The first-order valence-corrected chi connectivity index (χ1v) is 6.57. The Balaban J connectivity index is 2.85. The van der Waals surface area contributed by atoms with Crippen LogP contribution in [0.15, 0.2) is 18.2 Å². The summed E-state index contributed by atoms with van der Waals surface area (Å²) in [5, 5.41) is 2.98. The summed E-state index contributed by atoms with van der Waals surface area (Å²) >= 11 is 4.48. The molecule has 1 atom stereocenters. The van der Waals surface area contributed by atoms with Gasteiger partial charge in [0.1, 0.15) is 12.4 Å². The van der Waals surface area contributed by atoms with Crippen molar-refractivity contribution in [2.24, 2.45) is 5.73 Å². The molecule has 5 heteroatoms. The van der Waals surface area contributed by atoms with Crippen LogP contribution in [0.3, 0.4) is 0 Å². The minimum atomic E-state index is 0.285. The molecule has 0 saturated heterocycles. The summed E-state index contributed by atoms with van der Waals surface area (Å²) in [6.45, 7) is 3.01. The van der Waals surface area contributed by atoms with Crippen LogP contribution in [0.1, 0.15) is 18.9 Å². The van der Waals surface area contributed by atoms with Crippen LogP contribution in [0.5, 0.6) is 5.75 Å². The molecule has 1 aromatic rings. The van der Waals surface area contributed by atoms with Gasteiger partial charge in [-0.2, -0.15) is 12.6 Å². The van der Waals surface area contributed by atoms with E-state index in [9.17, 15) is 4.79 Å². The average molecular weight is 268 g/mol. The molecule has 100 valence electrons. The largest absolute Gasteiger partial charge is 0.492 e. The van der Waals surface area contributed by atoms with Crippen molar-refractivity contribution in [3.8, 4) is 5.75 Å². The Kier molecular flexibility index (Phi) is 6.60. The smallest absolute Gasteiger partial charge is 0.211 e. The van der Waals surface area contributed by atoms with E-state index in [1.807, 2.05) is 18.2 Å². The third-order valence-corrected chi connectivity index (χ3v) is 3.16. The fourth-order valence-electron chi connectivity index (χ4n) is 1.60. The second-order valence-corrected chi connectivity index (χ2v) is 4.71. The van der Waals surface area contributed by atoms with Gasteiger partial charge in [0, 0.05) is 23.5 Å². The molecule has 0 aromatic heterocycles. The molecule has 4 nitrogen and oxygen atoms in total. The van der Waals surface area contributed by atoms with Crippen molar-refractivity contribution in [3.63, 3.8) is 0 Å². The van der Waals surface area contributed by atoms with Crippen LogP contribution in [0.25, 0.3) is 0 Å². The van der Waals surface area contributed by atoms with Crippen LogP contribution < -0.4 is 15.8 Å². The van der Waals surface area contributed by atoms with Crippen molar-refractivity contribution in [2.45, 2.75) is 25.0 Å². The number of carbonyl (C=O) groups excluding carboxylic acids is 1. The highest BCUT2D eigenvalue weighted by atomic mass is 32.1. The quantitative estimate of drug-likeness (QED) is 0.498. The highest BCUT2D eigenvalue weighted by Crippen LogP contribution is 2.25. The lowest BCUT2D eigenvalue weighted by atomic mass is 10.1. The van der Waals surface area contributed by atoms with Crippen LogP contribution in [0.2, 0.25) is 0 Å². The summed E-state index contributed by atoms with van der Waals surface area (Å²) < 4.78 is 5.43. The van der Waals surface area contributed by atoms with Crippen molar-refractivity contribution in [2.75, 3.05) is 18.5 Å². The molecule has 0 aliphatic heterocycles. The zero-order chi connectivity index (χ0) is 13.4. The number of thiol groups is 1. The maximum absolute atomic E-state index is 10.6. The van der Waals surface area contributed by atoms with Crippen LogP contribution in [-0.2, 0) is 11.2 Å². The standard InChI is InChI=1S/C13H20N2O2S/c1-2-12(18)7-10-3-4-11(17-6-5-14)8-13(10)15-9-16/h3-4,8-9,12,18H,2,5-7,14H2,1H3,(H,15,16). The monoisotopic (exact) mass is 268 g/mol. The SMILES string of the molecule is CCC(S)Cc1ccc(OCCN)cc1NC=O. The molecule has 18 heavy (non-hydrogen) atoms. The fourth-order valence-corrected chi connectivity index (χ4v) is 1.79. The summed E-state index contributed by atoms with van der Waals surface area (Å²) in [7, 11) is 0. The van der Waals surface area contributed by atoms with Gasteiger partial charge in [0.15, 0.2) is 0 Å². The van der Waals surface area contributed by atoms with Gasteiger partial charge in [-0.1, -0.05) is 13.0 Å². The number of rotatable bonds is 8. The van der Waals surface area contributed by atoms with Crippen LogP contribution in [0.4, 0.5) is 5.69 Å². The van der Waals surface area contributed by atoms with E-state index < -0.39 is 0 Å². The summed E-state index contributed by atoms with van der Waals surface area (Å²) in [5.74, 6) is 0.709. The third-order valence-electron chi connectivity index (χ3n) is 2.61. The molecular formula is C13H20N2O2S. The third kappa shape index (κ3) is 4.58. The van der Waals surface area contributed by atoms with Crippen molar-refractivity contribution in [1.29, 1.82) is 0 Å². The molecule has 1 rings (SSSR count). The number of ether oxygens (including phenoxy) is 1. The zero-order valence-electron chi connectivity index (χ0n) is 10.6. The van der Waals surface area contributed by atoms with E-state index in [4.69, 9.17) is 10.5 Å². The Morgan fingerprint density at radius 2 is 2.33 bits per heavy atom. The van der Waals surface area contributed by atoms with Gasteiger partial charge in [0.2, 0.25) is 6.41 Å². The molecule has 0 saturated carbocycles. The van der Waals surface area contributed by atoms with Crippen molar-refractivity contribution < 1.29 is 9.53 Å². The molecule has 0 radical (unpaired) electrons. The van der Waals surface area contributed by atoms with Crippen molar-refractivity contribution in [3.05, 3.63) is 23.8 Å². The maximum Gasteiger partial charge on any atom is 0.211 e. The molecule has 0 aliphatic carbocycles. The van der Waals surface area contributed by atoms with Crippen LogP contribution in [0, 0.1) is 0 Å². The Morgan fingerprint density at radius 3 is 2.94 bits per heavy atom. The second-order valence-electron chi connectivity index (χ2n) is 3.98. The number of hydrogen-bond acceptors (Lipinski definition) is 4. The Bertz CT molecular complexity index is 385. The summed E-state index contributed by atoms with van der Waals surface area (Å²) in [5.41, 5.74) is 7.21. The number of nitrogens with one attached hydrogen (secondary N) is 1. The van der Waals surface area contributed by atoms with E-state index in [1.54, 1.807) is 0 Å². The molecule has 3 N–H and O–H groups in total.